The van der Waals surface area contributed by atoms with E-state index in [1.807, 2.05) is 25.1 Å². The largest absolute Gasteiger partial charge is 0.496 e. The number of aryl methyl sites for hydroxylation is 1. The molecule has 0 saturated heterocycles. The second-order valence-corrected chi connectivity index (χ2v) is 6.59. The Labute approximate surface area is 150 Å². The minimum atomic E-state index is -0.492. The molecule has 4 nitrogen and oxygen atoms in total. The summed E-state index contributed by atoms with van der Waals surface area (Å²) in [6.07, 6.45) is 0. The standard InChI is InChI=1S/C19H20FNO3S/c1-12-4-5-14(8-17(12)24-3)10-21-19(23)11-25-18-7-6-15(13(2)22)9-16(18)20/h4-9H,10-11H2,1-3H3,(H,21,23). The third-order valence-corrected chi connectivity index (χ3v) is 4.71. The van der Waals surface area contributed by atoms with Crippen LogP contribution in [0.1, 0.15) is 28.4 Å². The molecule has 0 aliphatic carbocycles. The zero-order valence-electron chi connectivity index (χ0n) is 14.4. The van der Waals surface area contributed by atoms with Gasteiger partial charge in [0.2, 0.25) is 5.91 Å². The van der Waals surface area contributed by atoms with Crippen molar-refractivity contribution in [3.05, 3.63) is 58.9 Å². The van der Waals surface area contributed by atoms with Crippen LogP contribution in [0.5, 0.6) is 5.75 Å². The first kappa shape index (κ1) is 19.0. The normalized spacial score (nSPS) is 10.4. The summed E-state index contributed by atoms with van der Waals surface area (Å²) < 4.78 is 19.2. The number of Topliss-reactive ketones (excluding diaryl/α,β-unsaturated/α-hetero) is 1. The molecule has 0 unspecified atom stereocenters. The number of rotatable bonds is 7. The van der Waals surface area contributed by atoms with Crippen molar-refractivity contribution >= 4 is 23.5 Å². The number of ether oxygens (including phenoxy) is 1. The van der Waals surface area contributed by atoms with Gasteiger partial charge in [-0.3, -0.25) is 9.59 Å². The minimum Gasteiger partial charge on any atom is -0.496 e. The van der Waals surface area contributed by atoms with Crippen molar-refractivity contribution in [2.24, 2.45) is 0 Å². The predicted octanol–water partition coefficient (Wildman–Crippen LogP) is 3.75. The molecule has 2 aromatic carbocycles. The summed E-state index contributed by atoms with van der Waals surface area (Å²) in [6, 6.07) is 10.0. The van der Waals surface area contributed by atoms with E-state index in [4.69, 9.17) is 4.74 Å². The third kappa shape index (κ3) is 5.32. The number of benzene rings is 2. The fourth-order valence-corrected chi connectivity index (χ4v) is 2.96. The number of carbonyl (C=O) groups excluding carboxylic acids is 2. The summed E-state index contributed by atoms with van der Waals surface area (Å²) in [5.41, 5.74) is 2.27. The highest BCUT2D eigenvalue weighted by atomic mass is 32.2. The fraction of sp³-hybridized carbons (Fsp3) is 0.263. The molecule has 0 radical (unpaired) electrons. The quantitative estimate of drug-likeness (QED) is 0.603. The summed E-state index contributed by atoms with van der Waals surface area (Å²) in [4.78, 5) is 23.5. The molecule has 0 aromatic heterocycles. The molecule has 1 amide bonds. The van der Waals surface area contributed by atoms with Crippen molar-refractivity contribution < 1.29 is 18.7 Å². The van der Waals surface area contributed by atoms with E-state index in [2.05, 4.69) is 5.32 Å². The van der Waals surface area contributed by atoms with Crippen LogP contribution in [0.25, 0.3) is 0 Å². The predicted molar refractivity (Wildman–Crippen MR) is 96.7 cm³/mol. The second-order valence-electron chi connectivity index (χ2n) is 5.57. The van der Waals surface area contributed by atoms with Crippen LogP contribution in [0.15, 0.2) is 41.3 Å². The first-order valence-electron chi connectivity index (χ1n) is 7.74. The lowest BCUT2D eigenvalue weighted by molar-refractivity contribution is -0.118. The highest BCUT2D eigenvalue weighted by Gasteiger charge is 2.10. The Morgan fingerprint density at radius 2 is 1.96 bits per heavy atom. The van der Waals surface area contributed by atoms with E-state index >= 15 is 0 Å². The number of hydrogen-bond donors (Lipinski definition) is 1. The van der Waals surface area contributed by atoms with Gasteiger partial charge in [0.1, 0.15) is 11.6 Å². The van der Waals surface area contributed by atoms with Crippen molar-refractivity contribution in [2.45, 2.75) is 25.3 Å². The van der Waals surface area contributed by atoms with E-state index in [9.17, 15) is 14.0 Å². The van der Waals surface area contributed by atoms with Gasteiger partial charge in [-0.25, -0.2) is 4.39 Å². The molecule has 2 aromatic rings. The van der Waals surface area contributed by atoms with E-state index in [0.717, 1.165) is 28.6 Å². The second kappa shape index (κ2) is 8.67. The van der Waals surface area contributed by atoms with Crippen LogP contribution in [0.3, 0.4) is 0 Å². The molecule has 25 heavy (non-hydrogen) atoms. The first-order valence-corrected chi connectivity index (χ1v) is 8.72. The minimum absolute atomic E-state index is 0.0966. The van der Waals surface area contributed by atoms with Crippen molar-refractivity contribution in [2.75, 3.05) is 12.9 Å². The van der Waals surface area contributed by atoms with Gasteiger partial charge < -0.3 is 10.1 Å². The zero-order valence-corrected chi connectivity index (χ0v) is 15.2. The van der Waals surface area contributed by atoms with Crippen molar-refractivity contribution in [1.82, 2.24) is 5.32 Å². The smallest absolute Gasteiger partial charge is 0.230 e. The van der Waals surface area contributed by atoms with E-state index in [0.29, 0.717) is 17.0 Å². The van der Waals surface area contributed by atoms with Crippen LogP contribution < -0.4 is 10.1 Å². The summed E-state index contributed by atoms with van der Waals surface area (Å²) in [5.74, 6) is -0.0110. The van der Waals surface area contributed by atoms with Crippen molar-refractivity contribution in [3.63, 3.8) is 0 Å². The Morgan fingerprint density at radius 1 is 1.20 bits per heavy atom. The highest BCUT2D eigenvalue weighted by Crippen LogP contribution is 2.23. The Balaban J connectivity index is 1.88. The van der Waals surface area contributed by atoms with Gasteiger partial charge in [0, 0.05) is 17.0 Å². The molecule has 6 heteroatoms. The molecule has 0 atom stereocenters. The van der Waals surface area contributed by atoms with E-state index in [1.165, 1.54) is 19.1 Å². The van der Waals surface area contributed by atoms with Gasteiger partial charge in [0.05, 0.1) is 12.9 Å². The maximum atomic E-state index is 13.9. The lowest BCUT2D eigenvalue weighted by atomic mass is 10.1. The number of nitrogens with one attached hydrogen (secondary N) is 1. The zero-order chi connectivity index (χ0) is 18.4. The monoisotopic (exact) mass is 361 g/mol. The first-order chi connectivity index (χ1) is 11.9. The van der Waals surface area contributed by atoms with E-state index in [1.54, 1.807) is 13.2 Å². The van der Waals surface area contributed by atoms with Crippen LogP contribution in [0.2, 0.25) is 0 Å². The number of hydrogen-bond acceptors (Lipinski definition) is 4. The van der Waals surface area contributed by atoms with Gasteiger partial charge in [-0.1, -0.05) is 18.2 Å². The van der Waals surface area contributed by atoms with Gasteiger partial charge in [0.25, 0.3) is 0 Å². The topological polar surface area (TPSA) is 55.4 Å². The average Bonchev–Trinajstić information content (AvgIpc) is 2.59. The van der Waals surface area contributed by atoms with Crippen LogP contribution in [0.4, 0.5) is 4.39 Å². The Kier molecular flexibility index (Phi) is 6.58. The maximum Gasteiger partial charge on any atom is 0.230 e. The number of thioether (sulfide) groups is 1. The van der Waals surface area contributed by atoms with Gasteiger partial charge in [-0.2, -0.15) is 0 Å². The van der Waals surface area contributed by atoms with Crippen molar-refractivity contribution in [1.29, 1.82) is 0 Å². The number of carbonyl (C=O) groups is 2. The highest BCUT2D eigenvalue weighted by molar-refractivity contribution is 8.00. The Bertz CT molecular complexity index is 792. The van der Waals surface area contributed by atoms with E-state index in [-0.39, 0.29) is 17.4 Å². The lowest BCUT2D eigenvalue weighted by Crippen LogP contribution is -2.24. The fourth-order valence-electron chi connectivity index (χ4n) is 2.21. The SMILES string of the molecule is COc1cc(CNC(=O)CSc2ccc(C(C)=O)cc2F)ccc1C. The van der Waals surface area contributed by atoms with Gasteiger partial charge in [-0.15, -0.1) is 11.8 Å². The molecule has 0 spiro atoms. The Morgan fingerprint density at radius 3 is 2.60 bits per heavy atom. The summed E-state index contributed by atoms with van der Waals surface area (Å²) >= 11 is 1.10. The van der Waals surface area contributed by atoms with Crippen LogP contribution in [-0.2, 0) is 11.3 Å². The van der Waals surface area contributed by atoms with Crippen LogP contribution in [-0.4, -0.2) is 24.6 Å². The summed E-state index contributed by atoms with van der Waals surface area (Å²) in [6.45, 7) is 3.71. The number of halogens is 1. The number of methoxy groups -OCH3 is 1. The molecule has 0 heterocycles. The summed E-state index contributed by atoms with van der Waals surface area (Å²) in [5, 5.41) is 2.80. The molecule has 1 N–H and O–H groups in total. The molecular weight excluding hydrogens is 341 g/mol. The molecular formula is C19H20FNO3S. The van der Waals surface area contributed by atoms with Crippen molar-refractivity contribution in [3.8, 4) is 5.75 Å². The molecule has 0 bridgehead atoms. The number of amides is 1. The average molecular weight is 361 g/mol. The maximum absolute atomic E-state index is 13.9. The summed E-state index contributed by atoms with van der Waals surface area (Å²) in [7, 11) is 1.60. The number of ketones is 1. The molecule has 0 saturated carbocycles. The van der Waals surface area contributed by atoms with Gasteiger partial charge in [-0.05, 0) is 43.2 Å². The van der Waals surface area contributed by atoms with Gasteiger partial charge in [0.15, 0.2) is 5.78 Å². The van der Waals surface area contributed by atoms with E-state index < -0.39 is 5.82 Å². The Hall–Kier alpha value is -2.34. The lowest BCUT2D eigenvalue weighted by Gasteiger charge is -2.09. The van der Waals surface area contributed by atoms with Gasteiger partial charge >= 0.3 is 0 Å². The molecule has 132 valence electrons. The van der Waals surface area contributed by atoms with Crippen LogP contribution in [0, 0.1) is 12.7 Å². The third-order valence-electron chi connectivity index (χ3n) is 3.66. The van der Waals surface area contributed by atoms with Crippen LogP contribution >= 0.6 is 11.8 Å². The molecule has 0 fully saturated rings. The molecule has 2 rings (SSSR count). The molecule has 0 aliphatic rings. The molecule has 0 aliphatic heterocycles.